The maximum Gasteiger partial charge on any atom is 0.416 e. The molecule has 3 aliphatic heterocycles. The minimum atomic E-state index is -0.508. The van der Waals surface area contributed by atoms with E-state index in [4.69, 9.17) is 110 Å². The van der Waals surface area contributed by atoms with Crippen LogP contribution >= 0.6 is 81.2 Å². The average Bonchev–Trinajstić information content (AvgIpc) is 1.58. The molecule has 0 aliphatic carbocycles. The van der Waals surface area contributed by atoms with Gasteiger partial charge in [0.15, 0.2) is 5.75 Å². The standard InChI is InChI=1S/C28H25Cl2FN2O3.C27H23Cl3N2O3.C27H23Cl2FN2O3/c29-14-1-2-16-35-21-8-3-18(4-9-21)27-26-23(24-17-19(30)5-12-25(24)32-26)13-15-33(27)28(34)36-22-10-6-20(31)7-11-22;28-13-3-15-34-19-9-6-17(7-10-19)26-25-20(21-16-18(29)8-11-23(21)31-25)12-14-32(26)27(33)35-24-5-2-1-4-22(24)30;28-13-1-15-34-20-7-2-17(3-8-20)26-25-22(23-16-18(29)4-11-24(23)31-25)12-14-32(26)27(33)35-21-9-5-19(30)6-10-21/h3-12,17,27,32H,1-2,13-16H2;1-2,4-11,16,26,31H,3,12-15H2;2-11,16,26,31H,1,12-15H2. The molecule has 3 aliphatic rings. The number of unbranched alkanes of at least 4 members (excludes halogenated alkanes) is 1. The number of nitrogens with one attached hydrogen (secondary N) is 3. The van der Waals surface area contributed by atoms with Gasteiger partial charge < -0.3 is 43.4 Å². The fourth-order valence-corrected chi connectivity index (χ4v) is 14.6. The maximum atomic E-state index is 13.4. The number of hydrogen-bond donors (Lipinski definition) is 3. The van der Waals surface area contributed by atoms with Crippen LogP contribution in [-0.2, 0) is 19.3 Å². The number of rotatable bonds is 19. The molecule has 12 aromatic rings. The lowest BCUT2D eigenvalue weighted by Gasteiger charge is -2.35. The summed E-state index contributed by atoms with van der Waals surface area (Å²) in [5.41, 5.74) is 11.8. The summed E-state index contributed by atoms with van der Waals surface area (Å²) in [7, 11) is 0. The zero-order chi connectivity index (χ0) is 73.8. The first kappa shape index (κ1) is 75.0. The van der Waals surface area contributed by atoms with E-state index in [0.717, 1.165) is 126 Å². The van der Waals surface area contributed by atoms with Gasteiger partial charge in [-0.2, -0.15) is 0 Å². The molecule has 15 nitrogen and oxygen atoms in total. The van der Waals surface area contributed by atoms with Gasteiger partial charge in [0.2, 0.25) is 0 Å². The lowest BCUT2D eigenvalue weighted by Crippen LogP contribution is -2.42. The molecular weight excluding hydrogens is 1500 g/mol. The van der Waals surface area contributed by atoms with Crippen LogP contribution in [0, 0.1) is 11.6 Å². The van der Waals surface area contributed by atoms with Gasteiger partial charge in [-0.1, -0.05) is 94.9 Å². The number of halogens is 9. The smallest absolute Gasteiger partial charge is 0.416 e. The lowest BCUT2D eigenvalue weighted by atomic mass is 9.92. The second kappa shape index (κ2) is 35.0. The molecule has 6 heterocycles. The van der Waals surface area contributed by atoms with Crippen LogP contribution in [0.4, 0.5) is 23.2 Å². The average molecular weight is 1570 g/mol. The van der Waals surface area contributed by atoms with Crippen LogP contribution in [0.1, 0.15) is 94.3 Å². The van der Waals surface area contributed by atoms with E-state index >= 15 is 0 Å². The summed E-state index contributed by atoms with van der Waals surface area (Å²) in [4.78, 5) is 55.7. The van der Waals surface area contributed by atoms with Gasteiger partial charge in [-0.15, -0.1) is 34.8 Å². The Morgan fingerprint density at radius 2 is 0.698 bits per heavy atom. The summed E-state index contributed by atoms with van der Waals surface area (Å²) >= 11 is 42.3. The number of fused-ring (bicyclic) bond motifs is 9. The Bertz CT molecular complexity index is 5050. The predicted molar refractivity (Wildman–Crippen MR) is 415 cm³/mol. The molecule has 0 spiro atoms. The Balaban J connectivity index is 0.000000141. The second-order valence-electron chi connectivity index (χ2n) is 25.3. The number of aromatic nitrogens is 3. The number of carbonyl (C=O) groups excluding carboxylic acids is 3. The Morgan fingerprint density at radius 1 is 0.377 bits per heavy atom. The summed E-state index contributed by atoms with van der Waals surface area (Å²) < 4.78 is 60.9. The minimum Gasteiger partial charge on any atom is -0.494 e. The van der Waals surface area contributed by atoms with Crippen molar-refractivity contribution in [2.75, 3.05) is 57.1 Å². The fourth-order valence-electron chi connectivity index (χ4n) is 13.5. The molecule has 15 rings (SSSR count). The third-order valence-electron chi connectivity index (χ3n) is 18.5. The van der Waals surface area contributed by atoms with Gasteiger partial charge in [-0.05, 0) is 230 Å². The highest BCUT2D eigenvalue weighted by atomic mass is 35.5. The lowest BCUT2D eigenvalue weighted by molar-refractivity contribution is 0.134. The van der Waals surface area contributed by atoms with Gasteiger partial charge >= 0.3 is 18.3 Å². The fraction of sp³-hybridized carbons (Fsp3) is 0.232. The number of aromatic amines is 3. The van der Waals surface area contributed by atoms with E-state index in [-0.39, 0.29) is 17.5 Å². The summed E-state index contributed by atoms with van der Waals surface area (Å²) in [5, 5.41) is 5.54. The van der Waals surface area contributed by atoms with Gasteiger partial charge in [0.1, 0.15) is 58.5 Å². The van der Waals surface area contributed by atoms with Crippen molar-refractivity contribution in [2.45, 2.75) is 63.1 Å². The zero-order valence-electron chi connectivity index (χ0n) is 57.0. The van der Waals surface area contributed by atoms with E-state index in [9.17, 15) is 23.2 Å². The van der Waals surface area contributed by atoms with Crippen LogP contribution in [0.15, 0.2) is 200 Å². The van der Waals surface area contributed by atoms with Crippen molar-refractivity contribution < 1.29 is 51.6 Å². The van der Waals surface area contributed by atoms with E-state index in [1.54, 1.807) is 39.0 Å². The molecule has 0 saturated heterocycles. The molecule has 0 radical (unpaired) electrons. The van der Waals surface area contributed by atoms with E-state index in [1.807, 2.05) is 127 Å². The normalized spacial score (nSPS) is 15.1. The van der Waals surface area contributed by atoms with Crippen LogP contribution in [0.5, 0.6) is 34.5 Å². The SMILES string of the molecule is O=C(Oc1ccc(F)cc1)N1CCc2c([nH]c3ccc(Cl)cc23)C1c1ccc(OCCCCCl)cc1.O=C(Oc1ccc(F)cc1)N1CCc2c([nH]c3ccc(Cl)cc23)C1c1ccc(OCCCCl)cc1.O=C(Oc1ccccc1Cl)N1CCc2c([nH]c3ccc(Cl)cc23)C1c1ccc(OCCCCl)cc1. The molecule has 3 unspecified atom stereocenters. The number of H-pyrrole nitrogens is 3. The molecule has 546 valence electrons. The van der Waals surface area contributed by atoms with E-state index < -0.39 is 42.0 Å². The van der Waals surface area contributed by atoms with Gasteiger partial charge in [0, 0.05) is 102 Å². The third-order valence-corrected chi connectivity index (χ3v) is 20.3. The topological polar surface area (TPSA) is 164 Å². The van der Waals surface area contributed by atoms with Crippen LogP contribution in [-0.4, -0.2) is 105 Å². The summed E-state index contributed by atoms with van der Waals surface area (Å²) in [6, 6.07) is 57.1. The van der Waals surface area contributed by atoms with Gasteiger partial charge in [0.25, 0.3) is 0 Å². The minimum absolute atomic E-state index is 0.285. The number of benzene rings is 9. The second-order valence-corrected chi connectivity index (χ2v) is 28.2. The number of ether oxygens (including phenoxy) is 6. The van der Waals surface area contributed by atoms with Crippen molar-refractivity contribution in [1.29, 1.82) is 0 Å². The van der Waals surface area contributed by atoms with Crippen molar-refractivity contribution in [2.24, 2.45) is 0 Å². The molecule has 0 bridgehead atoms. The van der Waals surface area contributed by atoms with E-state index in [0.29, 0.717) is 102 Å². The number of nitrogens with zero attached hydrogens (tertiary/aromatic N) is 3. The highest BCUT2D eigenvalue weighted by molar-refractivity contribution is 6.32. The maximum absolute atomic E-state index is 13.4. The Kier molecular flexibility index (Phi) is 24.7. The number of amides is 3. The van der Waals surface area contributed by atoms with E-state index in [2.05, 4.69) is 15.0 Å². The first-order valence-corrected chi connectivity index (χ1v) is 37.7. The Morgan fingerprint density at radius 3 is 1.04 bits per heavy atom. The molecule has 9 aromatic carbocycles. The van der Waals surface area contributed by atoms with Crippen molar-refractivity contribution in [1.82, 2.24) is 29.7 Å². The van der Waals surface area contributed by atoms with Crippen LogP contribution in [0.25, 0.3) is 32.7 Å². The van der Waals surface area contributed by atoms with Crippen LogP contribution < -0.4 is 28.4 Å². The molecule has 3 aromatic heterocycles. The van der Waals surface area contributed by atoms with Crippen LogP contribution in [0.2, 0.25) is 20.1 Å². The molecule has 3 atom stereocenters. The van der Waals surface area contributed by atoms with Crippen molar-refractivity contribution in [3.63, 3.8) is 0 Å². The van der Waals surface area contributed by atoms with Crippen molar-refractivity contribution in [3.8, 4) is 34.5 Å². The number of hydrogen-bond acceptors (Lipinski definition) is 9. The quantitative estimate of drug-likeness (QED) is 0.0528. The number of carbonyl (C=O) groups is 3. The molecule has 3 N–H and O–H groups in total. The zero-order valence-corrected chi connectivity index (χ0v) is 62.3. The van der Waals surface area contributed by atoms with Crippen molar-refractivity contribution >= 4 is 132 Å². The molecular formula is C82H71Cl7F2N6O9. The van der Waals surface area contributed by atoms with E-state index in [1.165, 1.54) is 48.5 Å². The molecule has 3 amide bonds. The largest absolute Gasteiger partial charge is 0.494 e. The first-order chi connectivity index (χ1) is 51.6. The Hall–Kier alpha value is -9.30. The molecule has 0 saturated carbocycles. The number of para-hydroxylation sites is 1. The van der Waals surface area contributed by atoms with Gasteiger partial charge in [-0.25, -0.2) is 23.2 Å². The Labute approximate surface area is 645 Å². The molecule has 106 heavy (non-hydrogen) atoms. The van der Waals surface area contributed by atoms with Crippen molar-refractivity contribution in [3.05, 3.63) is 282 Å². The number of alkyl halides is 3. The highest BCUT2D eigenvalue weighted by Gasteiger charge is 2.39. The first-order valence-electron chi connectivity index (χ1n) is 34.6. The molecule has 24 heteroatoms. The summed E-state index contributed by atoms with van der Waals surface area (Å²) in [6.45, 7) is 3.07. The van der Waals surface area contributed by atoms with Gasteiger partial charge in [0.05, 0.1) is 24.8 Å². The monoisotopic (exact) mass is 1570 g/mol. The predicted octanol–water partition coefficient (Wildman–Crippen LogP) is 22.2. The third kappa shape index (κ3) is 17.5. The highest BCUT2D eigenvalue weighted by Crippen LogP contribution is 2.44. The summed E-state index contributed by atoms with van der Waals surface area (Å²) in [5.74, 6) is 4.07. The van der Waals surface area contributed by atoms with Gasteiger partial charge in [-0.3, -0.25) is 14.7 Å². The summed E-state index contributed by atoms with van der Waals surface area (Å²) in [6.07, 6.45) is 3.80. The van der Waals surface area contributed by atoms with Crippen LogP contribution in [0.3, 0.4) is 0 Å². The molecule has 0 fully saturated rings.